The Morgan fingerprint density at radius 3 is 2.59 bits per heavy atom. The van der Waals surface area contributed by atoms with E-state index in [4.69, 9.17) is 16.3 Å². The van der Waals surface area contributed by atoms with E-state index in [0.717, 1.165) is 19.4 Å². The number of nitrogens with one attached hydrogen (secondary N) is 2. The third kappa shape index (κ3) is 5.43. The quantitative estimate of drug-likeness (QED) is 0.630. The number of benzene rings is 1. The van der Waals surface area contributed by atoms with Gasteiger partial charge in [-0.25, -0.2) is 4.68 Å². The number of ether oxygens (including phenoxy) is 1. The average molecular weight is 482 g/mol. The Labute approximate surface area is 192 Å². The fourth-order valence-electron chi connectivity index (χ4n) is 4.10. The van der Waals surface area contributed by atoms with Gasteiger partial charge in [0.25, 0.3) is 5.56 Å². The summed E-state index contributed by atoms with van der Waals surface area (Å²) in [4.78, 5) is 12.8. The van der Waals surface area contributed by atoms with Crippen molar-refractivity contribution in [3.8, 4) is 0 Å². The molecule has 0 aliphatic carbocycles. The van der Waals surface area contributed by atoms with Crippen LogP contribution in [0.3, 0.4) is 0 Å². The van der Waals surface area contributed by atoms with Gasteiger partial charge < -0.3 is 10.1 Å². The van der Waals surface area contributed by atoms with Gasteiger partial charge in [0.05, 0.1) is 24.5 Å². The van der Waals surface area contributed by atoms with Gasteiger partial charge in [0.1, 0.15) is 5.02 Å². The van der Waals surface area contributed by atoms with Gasteiger partial charge in [-0.1, -0.05) is 29.8 Å². The number of hydrogen-bond donors (Lipinski definition) is 2. The lowest BCUT2D eigenvalue weighted by atomic mass is 10.0. The van der Waals surface area contributed by atoms with Crippen molar-refractivity contribution in [1.82, 2.24) is 14.1 Å². The molecule has 2 N–H and O–H groups in total. The number of halogens is 1. The van der Waals surface area contributed by atoms with Gasteiger partial charge in [0.15, 0.2) is 0 Å². The maximum Gasteiger partial charge on any atom is 0.301 e. The predicted molar refractivity (Wildman–Crippen MR) is 124 cm³/mol. The summed E-state index contributed by atoms with van der Waals surface area (Å²) in [5.74, 6) is 0.387. The minimum Gasteiger partial charge on any atom is -0.382 e. The van der Waals surface area contributed by atoms with E-state index in [-0.39, 0.29) is 16.6 Å². The first kappa shape index (κ1) is 23.0. The molecule has 11 heteroatoms. The minimum atomic E-state index is -3.66. The van der Waals surface area contributed by atoms with Gasteiger partial charge in [-0.05, 0) is 43.7 Å². The number of para-hydroxylation sites is 1. The summed E-state index contributed by atoms with van der Waals surface area (Å²) < 4.78 is 36.2. The van der Waals surface area contributed by atoms with Crippen molar-refractivity contribution in [2.45, 2.75) is 31.7 Å². The first-order chi connectivity index (χ1) is 15.4. The summed E-state index contributed by atoms with van der Waals surface area (Å²) in [6.45, 7) is 2.77. The van der Waals surface area contributed by atoms with E-state index < -0.39 is 10.2 Å². The second-order valence-corrected chi connectivity index (χ2v) is 10.2. The standard InChI is InChI=1S/C21H28ClN5O4S/c22-20-19(23-13-16-5-4-12-31-15-16)14-24-27(21(20)28)18-8-10-26(11-9-18)32(29,30)25-17-6-2-1-3-7-17/h1-3,6-7,14,16,18,23,25H,4-5,8-13,15H2/t16-/m0/s1. The van der Waals surface area contributed by atoms with Crippen LogP contribution in [-0.4, -0.2) is 55.4 Å². The molecule has 1 atom stereocenters. The largest absolute Gasteiger partial charge is 0.382 e. The van der Waals surface area contributed by atoms with Gasteiger partial charge in [0.2, 0.25) is 0 Å². The Kier molecular flexibility index (Phi) is 7.34. The zero-order valence-corrected chi connectivity index (χ0v) is 19.3. The average Bonchev–Trinajstić information content (AvgIpc) is 2.81. The SMILES string of the molecule is O=c1c(Cl)c(NC[C@@H]2CCCOC2)cnn1C1CCN(S(=O)(=O)Nc2ccccc2)CC1. The van der Waals surface area contributed by atoms with Crippen molar-refractivity contribution >= 4 is 33.2 Å². The van der Waals surface area contributed by atoms with Crippen LogP contribution in [0.15, 0.2) is 41.3 Å². The summed E-state index contributed by atoms with van der Waals surface area (Å²) >= 11 is 6.34. The smallest absolute Gasteiger partial charge is 0.301 e. The van der Waals surface area contributed by atoms with Crippen LogP contribution in [-0.2, 0) is 14.9 Å². The molecule has 2 aliphatic heterocycles. The molecule has 0 bridgehead atoms. The molecule has 2 fully saturated rings. The zero-order chi connectivity index (χ0) is 22.6. The highest BCUT2D eigenvalue weighted by atomic mass is 35.5. The highest BCUT2D eigenvalue weighted by Crippen LogP contribution is 2.25. The molecule has 0 spiro atoms. The molecule has 4 rings (SSSR count). The topological polar surface area (TPSA) is 106 Å². The lowest BCUT2D eigenvalue weighted by molar-refractivity contribution is 0.0595. The van der Waals surface area contributed by atoms with E-state index in [9.17, 15) is 13.2 Å². The molecule has 0 radical (unpaired) electrons. The highest BCUT2D eigenvalue weighted by molar-refractivity contribution is 7.90. The van der Waals surface area contributed by atoms with Crippen molar-refractivity contribution in [2.24, 2.45) is 5.92 Å². The third-order valence-corrected chi connectivity index (χ3v) is 7.81. The molecule has 1 aromatic heterocycles. The number of rotatable bonds is 7. The summed E-state index contributed by atoms with van der Waals surface area (Å²) in [6, 6.07) is 8.56. The molecule has 0 unspecified atom stereocenters. The Morgan fingerprint density at radius 2 is 1.91 bits per heavy atom. The molecule has 2 aromatic rings. The number of piperidine rings is 1. The van der Waals surface area contributed by atoms with Gasteiger partial charge in [-0.3, -0.25) is 9.52 Å². The Balaban J connectivity index is 1.36. The molecule has 3 heterocycles. The maximum atomic E-state index is 12.8. The van der Waals surface area contributed by atoms with E-state index in [1.165, 1.54) is 8.99 Å². The van der Waals surface area contributed by atoms with Crippen LogP contribution in [0.1, 0.15) is 31.7 Å². The molecule has 174 valence electrons. The molecule has 1 aromatic carbocycles. The molecule has 32 heavy (non-hydrogen) atoms. The number of hydrogen-bond acceptors (Lipinski definition) is 6. The van der Waals surface area contributed by atoms with Crippen LogP contribution < -0.4 is 15.6 Å². The highest BCUT2D eigenvalue weighted by Gasteiger charge is 2.30. The molecular formula is C21H28ClN5O4S. The van der Waals surface area contributed by atoms with E-state index in [0.29, 0.717) is 56.4 Å². The van der Waals surface area contributed by atoms with Gasteiger partial charge in [-0.15, -0.1) is 0 Å². The van der Waals surface area contributed by atoms with Crippen molar-refractivity contribution < 1.29 is 13.2 Å². The summed E-state index contributed by atoms with van der Waals surface area (Å²) in [5.41, 5.74) is 0.674. The maximum absolute atomic E-state index is 12.8. The fourth-order valence-corrected chi connectivity index (χ4v) is 5.55. The second kappa shape index (κ2) is 10.2. The van der Waals surface area contributed by atoms with E-state index >= 15 is 0 Å². The van der Waals surface area contributed by atoms with Crippen molar-refractivity contribution in [3.05, 3.63) is 51.9 Å². The molecular weight excluding hydrogens is 454 g/mol. The summed E-state index contributed by atoms with van der Waals surface area (Å²) in [7, 11) is -3.66. The minimum absolute atomic E-state index is 0.109. The van der Waals surface area contributed by atoms with Crippen molar-refractivity contribution in [3.63, 3.8) is 0 Å². The van der Waals surface area contributed by atoms with E-state index in [2.05, 4.69) is 15.1 Å². The first-order valence-corrected chi connectivity index (χ1v) is 12.7. The lowest BCUT2D eigenvalue weighted by Crippen LogP contribution is -2.43. The van der Waals surface area contributed by atoms with E-state index in [1.54, 1.807) is 30.5 Å². The lowest BCUT2D eigenvalue weighted by Gasteiger charge is -2.31. The van der Waals surface area contributed by atoms with Crippen LogP contribution in [0.25, 0.3) is 0 Å². The molecule has 9 nitrogen and oxygen atoms in total. The van der Waals surface area contributed by atoms with Gasteiger partial charge in [-0.2, -0.15) is 17.8 Å². The first-order valence-electron chi connectivity index (χ1n) is 10.9. The van der Waals surface area contributed by atoms with Crippen LogP contribution in [0.4, 0.5) is 11.4 Å². The molecule has 0 saturated carbocycles. The zero-order valence-electron chi connectivity index (χ0n) is 17.7. The molecule has 2 aliphatic rings. The van der Waals surface area contributed by atoms with Crippen LogP contribution >= 0.6 is 11.6 Å². The van der Waals surface area contributed by atoms with Crippen LogP contribution in [0.5, 0.6) is 0 Å². The van der Waals surface area contributed by atoms with Crippen LogP contribution in [0.2, 0.25) is 5.02 Å². The van der Waals surface area contributed by atoms with Gasteiger partial charge >= 0.3 is 10.2 Å². The Hall–Kier alpha value is -2.14. The van der Waals surface area contributed by atoms with Crippen molar-refractivity contribution in [2.75, 3.05) is 42.9 Å². The fraction of sp³-hybridized carbons (Fsp3) is 0.524. The Bertz CT molecular complexity index is 1070. The summed E-state index contributed by atoms with van der Waals surface area (Å²) in [5, 5.41) is 7.65. The predicted octanol–water partition coefficient (Wildman–Crippen LogP) is 2.73. The van der Waals surface area contributed by atoms with Crippen LogP contribution in [0, 0.1) is 5.92 Å². The number of nitrogens with zero attached hydrogens (tertiary/aromatic N) is 3. The summed E-state index contributed by atoms with van der Waals surface area (Å²) in [6.07, 6.45) is 4.65. The van der Waals surface area contributed by atoms with Gasteiger partial charge in [0, 0.05) is 31.9 Å². The number of aromatic nitrogens is 2. The third-order valence-electron chi connectivity index (χ3n) is 5.91. The van der Waals surface area contributed by atoms with Crippen molar-refractivity contribution in [1.29, 1.82) is 0 Å². The van der Waals surface area contributed by atoms with E-state index in [1.807, 2.05) is 6.07 Å². The Morgan fingerprint density at radius 1 is 1.16 bits per heavy atom. The second-order valence-electron chi connectivity index (χ2n) is 8.19. The normalized spacial score (nSPS) is 20.7. The molecule has 2 saturated heterocycles. The monoisotopic (exact) mass is 481 g/mol. The number of anilines is 2. The molecule has 0 amide bonds.